The van der Waals surface area contributed by atoms with E-state index in [1.807, 2.05) is 24.5 Å². The molecule has 0 bridgehead atoms. The molecule has 0 amide bonds. The Balaban J connectivity index is 1.72. The molecule has 30 heavy (non-hydrogen) atoms. The lowest BCUT2D eigenvalue weighted by atomic mass is 9.62. The quantitative estimate of drug-likeness (QED) is 0.761. The highest BCUT2D eigenvalue weighted by molar-refractivity contribution is 5.54. The summed E-state index contributed by atoms with van der Waals surface area (Å²) in [5.74, 6) is 0. The Kier molecular flexibility index (Phi) is 5.96. The van der Waals surface area contributed by atoms with Gasteiger partial charge in [0.2, 0.25) is 0 Å². The first-order valence-corrected chi connectivity index (χ1v) is 10.8. The molecule has 5 heteroatoms. The molecule has 1 unspecified atom stereocenters. The topological polar surface area (TPSA) is 48.8 Å². The summed E-state index contributed by atoms with van der Waals surface area (Å²) in [5, 5.41) is 12.3. The summed E-state index contributed by atoms with van der Waals surface area (Å²) >= 11 is 0. The minimum Gasteiger partial charge on any atom is -0.381 e. The van der Waals surface area contributed by atoms with Gasteiger partial charge >= 0.3 is 0 Å². The van der Waals surface area contributed by atoms with Gasteiger partial charge in [-0.2, -0.15) is 0 Å². The molecular weight excluding hydrogens is 374 g/mol. The van der Waals surface area contributed by atoms with E-state index in [-0.39, 0.29) is 5.41 Å². The fraction of sp³-hybridized carbons (Fsp3) is 0.480. The van der Waals surface area contributed by atoms with Gasteiger partial charge in [0, 0.05) is 50.5 Å². The molecule has 0 spiro atoms. The number of ether oxygens (including phenoxy) is 1. The van der Waals surface area contributed by atoms with E-state index >= 15 is 0 Å². The molecule has 0 aliphatic carbocycles. The lowest BCUT2D eigenvalue weighted by Gasteiger charge is -2.56. The lowest BCUT2D eigenvalue weighted by molar-refractivity contribution is -0.127. The summed E-state index contributed by atoms with van der Waals surface area (Å²) in [5.41, 5.74) is 2.63. The van der Waals surface area contributed by atoms with Crippen molar-refractivity contribution in [1.29, 1.82) is 0 Å². The van der Waals surface area contributed by atoms with Crippen molar-refractivity contribution in [2.24, 2.45) is 5.41 Å². The SMILES string of the molecule is COC/C=C/c1ccc(C(O)(c2cncc(N3CCCC3)c2)C2(C)CN(C)C2)cc1. The highest BCUT2D eigenvalue weighted by Gasteiger charge is 2.55. The van der Waals surface area contributed by atoms with E-state index in [1.165, 1.54) is 12.8 Å². The Labute approximate surface area is 180 Å². The number of aromatic nitrogens is 1. The summed E-state index contributed by atoms with van der Waals surface area (Å²) in [6.45, 7) is 6.57. The van der Waals surface area contributed by atoms with E-state index in [0.717, 1.165) is 48.6 Å². The largest absolute Gasteiger partial charge is 0.381 e. The average molecular weight is 408 g/mol. The number of rotatable bonds is 7. The van der Waals surface area contributed by atoms with Crippen LogP contribution >= 0.6 is 0 Å². The summed E-state index contributed by atoms with van der Waals surface area (Å²) in [6, 6.07) is 10.4. The zero-order valence-electron chi connectivity index (χ0n) is 18.3. The van der Waals surface area contributed by atoms with Crippen LogP contribution in [0, 0.1) is 5.41 Å². The van der Waals surface area contributed by atoms with Gasteiger partial charge in [-0.15, -0.1) is 0 Å². The Hall–Kier alpha value is -2.21. The average Bonchev–Trinajstić information content (AvgIpc) is 3.28. The smallest absolute Gasteiger partial charge is 0.124 e. The predicted molar refractivity (Wildman–Crippen MR) is 122 cm³/mol. The van der Waals surface area contributed by atoms with Crippen molar-refractivity contribution in [3.8, 4) is 0 Å². The summed E-state index contributed by atoms with van der Waals surface area (Å²) in [4.78, 5) is 9.16. The van der Waals surface area contributed by atoms with Gasteiger partial charge in [0.15, 0.2) is 0 Å². The van der Waals surface area contributed by atoms with Crippen LogP contribution in [-0.2, 0) is 10.3 Å². The first-order chi connectivity index (χ1) is 14.5. The summed E-state index contributed by atoms with van der Waals surface area (Å²) in [7, 11) is 3.79. The van der Waals surface area contributed by atoms with Crippen LogP contribution in [-0.4, -0.2) is 61.9 Å². The molecule has 1 atom stereocenters. The molecule has 3 heterocycles. The van der Waals surface area contributed by atoms with Crippen molar-refractivity contribution >= 4 is 11.8 Å². The van der Waals surface area contributed by atoms with Gasteiger partial charge in [0.1, 0.15) is 5.60 Å². The maximum absolute atomic E-state index is 12.3. The third-order valence-corrected chi connectivity index (χ3v) is 6.63. The van der Waals surface area contributed by atoms with Crippen LogP contribution in [0.5, 0.6) is 0 Å². The molecule has 1 N–H and O–H groups in total. The number of nitrogens with zero attached hydrogens (tertiary/aromatic N) is 3. The molecule has 1 aromatic carbocycles. The van der Waals surface area contributed by atoms with Crippen LogP contribution in [0.3, 0.4) is 0 Å². The van der Waals surface area contributed by atoms with Crippen molar-refractivity contribution in [3.05, 3.63) is 65.5 Å². The molecule has 2 fully saturated rings. The first-order valence-electron chi connectivity index (χ1n) is 10.8. The van der Waals surface area contributed by atoms with Gasteiger partial charge in [0.25, 0.3) is 0 Å². The Morgan fingerprint density at radius 2 is 1.83 bits per heavy atom. The maximum Gasteiger partial charge on any atom is 0.124 e. The molecule has 2 aliphatic heterocycles. The second-order valence-corrected chi connectivity index (χ2v) is 9.05. The number of pyridine rings is 1. The molecule has 2 aliphatic rings. The third-order valence-electron chi connectivity index (χ3n) is 6.63. The Morgan fingerprint density at radius 3 is 2.47 bits per heavy atom. The molecule has 0 saturated carbocycles. The van der Waals surface area contributed by atoms with Crippen molar-refractivity contribution in [3.63, 3.8) is 0 Å². The second kappa shape index (κ2) is 8.50. The van der Waals surface area contributed by atoms with Gasteiger partial charge in [-0.05, 0) is 37.1 Å². The molecule has 0 radical (unpaired) electrons. The number of benzene rings is 1. The summed E-state index contributed by atoms with van der Waals surface area (Å²) in [6.07, 6.45) is 10.2. The molecular formula is C25H33N3O2. The van der Waals surface area contributed by atoms with Crippen LogP contribution in [0.4, 0.5) is 5.69 Å². The van der Waals surface area contributed by atoms with Crippen molar-refractivity contribution < 1.29 is 9.84 Å². The molecule has 2 saturated heterocycles. The van der Waals surface area contributed by atoms with Crippen LogP contribution in [0.2, 0.25) is 0 Å². The zero-order valence-corrected chi connectivity index (χ0v) is 18.3. The van der Waals surface area contributed by atoms with E-state index < -0.39 is 5.60 Å². The fourth-order valence-electron chi connectivity index (χ4n) is 5.13. The molecule has 160 valence electrons. The number of methoxy groups -OCH3 is 1. The fourth-order valence-corrected chi connectivity index (χ4v) is 5.13. The van der Waals surface area contributed by atoms with Crippen LogP contribution < -0.4 is 4.90 Å². The molecule has 2 aromatic rings. The number of hydrogen-bond donors (Lipinski definition) is 1. The van der Waals surface area contributed by atoms with Gasteiger partial charge in [-0.3, -0.25) is 4.98 Å². The Morgan fingerprint density at radius 1 is 1.13 bits per heavy atom. The number of anilines is 1. The van der Waals surface area contributed by atoms with Gasteiger partial charge in [-0.25, -0.2) is 0 Å². The highest BCUT2D eigenvalue weighted by Crippen LogP contribution is 2.50. The minimum atomic E-state index is -1.10. The predicted octanol–water partition coefficient (Wildman–Crippen LogP) is 3.53. The number of hydrogen-bond acceptors (Lipinski definition) is 5. The van der Waals surface area contributed by atoms with E-state index in [9.17, 15) is 5.11 Å². The van der Waals surface area contributed by atoms with Crippen molar-refractivity contribution in [2.45, 2.75) is 25.4 Å². The van der Waals surface area contributed by atoms with Gasteiger partial charge in [0.05, 0.1) is 18.5 Å². The minimum absolute atomic E-state index is 0.277. The zero-order chi connectivity index (χ0) is 21.2. The van der Waals surface area contributed by atoms with Crippen LogP contribution in [0.25, 0.3) is 6.08 Å². The van der Waals surface area contributed by atoms with E-state index in [1.54, 1.807) is 7.11 Å². The molecule has 1 aromatic heterocycles. The van der Waals surface area contributed by atoms with Gasteiger partial charge < -0.3 is 19.6 Å². The number of likely N-dealkylation sites (tertiary alicyclic amines) is 1. The highest BCUT2D eigenvalue weighted by atomic mass is 16.5. The Bertz CT molecular complexity index is 884. The van der Waals surface area contributed by atoms with Gasteiger partial charge in [-0.1, -0.05) is 43.3 Å². The number of aliphatic hydroxyl groups is 1. The van der Waals surface area contributed by atoms with Crippen molar-refractivity contribution in [2.75, 3.05) is 51.8 Å². The van der Waals surface area contributed by atoms with Crippen LogP contribution in [0.1, 0.15) is 36.5 Å². The van der Waals surface area contributed by atoms with Crippen LogP contribution in [0.15, 0.2) is 48.8 Å². The first kappa shape index (κ1) is 21.0. The van der Waals surface area contributed by atoms with E-state index in [4.69, 9.17) is 4.74 Å². The monoisotopic (exact) mass is 407 g/mol. The third kappa shape index (κ3) is 3.78. The van der Waals surface area contributed by atoms with E-state index in [2.05, 4.69) is 59.1 Å². The standard InChI is InChI=1S/C25H33N3O2/c1-24(18-27(2)19-24)25(29,21-10-8-20(9-11-21)7-6-14-30-3)22-15-23(17-26-16-22)28-12-4-5-13-28/h6-11,15-17,29H,4-5,12-14,18-19H2,1-3H3/b7-6+. The summed E-state index contributed by atoms with van der Waals surface area (Å²) < 4.78 is 5.09. The van der Waals surface area contributed by atoms with Crippen molar-refractivity contribution in [1.82, 2.24) is 9.88 Å². The second-order valence-electron chi connectivity index (χ2n) is 9.05. The maximum atomic E-state index is 12.3. The lowest BCUT2D eigenvalue weighted by Crippen LogP contribution is -2.63. The van der Waals surface area contributed by atoms with E-state index in [0.29, 0.717) is 6.61 Å². The normalized spacial score (nSPS) is 21.0. The molecule has 5 nitrogen and oxygen atoms in total. The molecule has 4 rings (SSSR count).